The first-order valence-corrected chi connectivity index (χ1v) is 10.9. The van der Waals surface area contributed by atoms with Crippen molar-refractivity contribution < 1.29 is 14.6 Å². The summed E-state index contributed by atoms with van der Waals surface area (Å²) in [4.78, 5) is 13.2. The molecule has 2 aliphatic rings. The lowest BCUT2D eigenvalue weighted by molar-refractivity contribution is 0.0189. The molecular weight excluding hydrogens is 390 g/mol. The summed E-state index contributed by atoms with van der Waals surface area (Å²) in [5.41, 5.74) is 2.19. The lowest BCUT2D eigenvalue weighted by Crippen LogP contribution is -2.42. The van der Waals surface area contributed by atoms with Crippen LogP contribution in [0.15, 0.2) is 30.5 Å². The Labute approximate surface area is 174 Å². The van der Waals surface area contributed by atoms with Gasteiger partial charge in [-0.25, -0.2) is 4.79 Å². The highest BCUT2D eigenvalue weighted by Crippen LogP contribution is 2.23. The van der Waals surface area contributed by atoms with Crippen LogP contribution in [-0.4, -0.2) is 64.7 Å². The molecule has 0 saturated carbocycles. The number of hydrogen-bond donors (Lipinski definition) is 4. The summed E-state index contributed by atoms with van der Waals surface area (Å²) in [7, 11) is 0. The molecule has 0 aliphatic carbocycles. The maximum atomic E-state index is 12.2. The normalized spacial score (nSPS) is 26.5. The van der Waals surface area contributed by atoms with Crippen molar-refractivity contribution in [3.05, 3.63) is 36.0 Å². The first-order valence-electron chi connectivity index (χ1n) is 10.1. The molecule has 0 unspecified atom stereocenters. The van der Waals surface area contributed by atoms with E-state index in [0.29, 0.717) is 25.6 Å². The molecule has 3 heterocycles. The van der Waals surface area contributed by atoms with Gasteiger partial charge >= 0.3 is 6.09 Å². The van der Waals surface area contributed by atoms with Gasteiger partial charge in [-0.05, 0) is 54.9 Å². The van der Waals surface area contributed by atoms with Crippen LogP contribution in [0, 0.1) is 0 Å². The number of amides is 1. The maximum Gasteiger partial charge on any atom is 0.407 e. The van der Waals surface area contributed by atoms with Crippen LogP contribution in [0.5, 0.6) is 0 Å². The van der Waals surface area contributed by atoms with Gasteiger partial charge in [-0.3, -0.25) is 0 Å². The summed E-state index contributed by atoms with van der Waals surface area (Å²) < 4.78 is 9.45. The van der Waals surface area contributed by atoms with E-state index in [1.165, 1.54) is 18.0 Å². The Hall–Kier alpha value is -2.07. The van der Waals surface area contributed by atoms with Gasteiger partial charge in [0.25, 0.3) is 0 Å². The molecule has 4 N–H and O–H groups in total. The molecule has 1 aromatic heterocycles. The third kappa shape index (κ3) is 5.30. The van der Waals surface area contributed by atoms with Crippen LogP contribution in [0.3, 0.4) is 0 Å². The number of carbonyl (C=O) groups excluding carboxylic acids is 1. The number of benzene rings is 1. The first kappa shape index (κ1) is 20.2. The van der Waals surface area contributed by atoms with Gasteiger partial charge in [0.05, 0.1) is 17.1 Å². The summed E-state index contributed by atoms with van der Waals surface area (Å²) in [5, 5.41) is 23.6. The topological polar surface area (TPSA) is 108 Å². The minimum absolute atomic E-state index is 0.122. The zero-order valence-corrected chi connectivity index (χ0v) is 17.0. The quantitative estimate of drug-likeness (QED) is 0.538. The average molecular weight is 418 g/mol. The number of rotatable bonds is 7. The average Bonchev–Trinajstić information content (AvgIpc) is 3.48. The van der Waals surface area contributed by atoms with E-state index in [4.69, 9.17) is 4.74 Å². The molecule has 2 fully saturated rings. The van der Waals surface area contributed by atoms with Gasteiger partial charge in [0.15, 0.2) is 0 Å². The van der Waals surface area contributed by atoms with Crippen LogP contribution in [0.4, 0.5) is 4.79 Å². The molecule has 8 nitrogen and oxygen atoms in total. The van der Waals surface area contributed by atoms with Crippen molar-refractivity contribution in [2.45, 2.75) is 50.0 Å². The fourth-order valence-corrected chi connectivity index (χ4v) is 4.51. The predicted octanol–water partition coefficient (Wildman–Crippen LogP) is 1.32. The van der Waals surface area contributed by atoms with Crippen molar-refractivity contribution in [3.63, 3.8) is 0 Å². The SMILES string of the molecule is O=C(NCC[C@@H]1CCCN1)O[C@@H]1[C@@H](O)CN[C@@H]1Cc1ccc(-c2cnns2)cc1. The van der Waals surface area contributed by atoms with Crippen molar-refractivity contribution in [1.82, 2.24) is 25.5 Å². The van der Waals surface area contributed by atoms with Crippen molar-refractivity contribution in [2.75, 3.05) is 19.6 Å². The number of nitrogens with zero attached hydrogens (tertiary/aromatic N) is 2. The Balaban J connectivity index is 1.28. The fourth-order valence-electron chi connectivity index (χ4n) is 3.99. The van der Waals surface area contributed by atoms with E-state index in [0.717, 1.165) is 35.4 Å². The molecule has 0 spiro atoms. The van der Waals surface area contributed by atoms with Gasteiger partial charge in [-0.1, -0.05) is 28.8 Å². The van der Waals surface area contributed by atoms with Gasteiger partial charge in [-0.2, -0.15) is 0 Å². The fraction of sp³-hybridized carbons (Fsp3) is 0.550. The van der Waals surface area contributed by atoms with Crippen molar-refractivity contribution in [2.24, 2.45) is 0 Å². The molecule has 4 atom stereocenters. The Morgan fingerprint density at radius 3 is 2.90 bits per heavy atom. The van der Waals surface area contributed by atoms with Crippen molar-refractivity contribution in [1.29, 1.82) is 0 Å². The van der Waals surface area contributed by atoms with E-state index in [1.54, 1.807) is 6.20 Å². The molecule has 0 bridgehead atoms. The van der Waals surface area contributed by atoms with Crippen LogP contribution in [0.25, 0.3) is 10.4 Å². The monoisotopic (exact) mass is 417 g/mol. The van der Waals surface area contributed by atoms with Crippen LogP contribution in [-0.2, 0) is 11.2 Å². The lowest BCUT2D eigenvalue weighted by Gasteiger charge is -2.22. The Morgan fingerprint density at radius 2 is 2.17 bits per heavy atom. The zero-order chi connectivity index (χ0) is 20.1. The summed E-state index contributed by atoms with van der Waals surface area (Å²) in [6, 6.07) is 8.53. The second-order valence-corrected chi connectivity index (χ2v) is 8.43. The molecule has 29 heavy (non-hydrogen) atoms. The molecule has 1 aromatic carbocycles. The third-order valence-electron chi connectivity index (χ3n) is 5.59. The minimum Gasteiger partial charge on any atom is -0.442 e. The molecule has 4 rings (SSSR count). The summed E-state index contributed by atoms with van der Waals surface area (Å²) in [6.45, 7) is 2.04. The Kier molecular flexibility index (Phi) is 6.70. The molecule has 2 saturated heterocycles. The van der Waals surface area contributed by atoms with Gasteiger partial charge in [0, 0.05) is 19.1 Å². The zero-order valence-electron chi connectivity index (χ0n) is 16.2. The smallest absolute Gasteiger partial charge is 0.407 e. The van der Waals surface area contributed by atoms with Gasteiger partial charge in [0.1, 0.15) is 12.2 Å². The molecule has 9 heteroatoms. The first-order chi connectivity index (χ1) is 14.2. The lowest BCUT2D eigenvalue weighted by atomic mass is 10.0. The molecule has 2 aromatic rings. The Morgan fingerprint density at radius 1 is 1.31 bits per heavy atom. The summed E-state index contributed by atoms with van der Waals surface area (Å²) in [5.74, 6) is 0. The number of alkyl carbamates (subject to hydrolysis) is 1. The highest BCUT2D eigenvalue weighted by molar-refractivity contribution is 7.09. The van der Waals surface area contributed by atoms with E-state index < -0.39 is 18.3 Å². The van der Waals surface area contributed by atoms with E-state index in [9.17, 15) is 9.90 Å². The number of aliphatic hydroxyl groups excluding tert-OH is 1. The second-order valence-electron chi connectivity index (χ2n) is 7.64. The van der Waals surface area contributed by atoms with Crippen LogP contribution < -0.4 is 16.0 Å². The van der Waals surface area contributed by atoms with E-state index in [1.807, 2.05) is 24.3 Å². The highest BCUT2D eigenvalue weighted by atomic mass is 32.1. The predicted molar refractivity (Wildman–Crippen MR) is 111 cm³/mol. The highest BCUT2D eigenvalue weighted by Gasteiger charge is 2.37. The van der Waals surface area contributed by atoms with E-state index in [-0.39, 0.29) is 6.04 Å². The van der Waals surface area contributed by atoms with Crippen molar-refractivity contribution in [3.8, 4) is 10.4 Å². The van der Waals surface area contributed by atoms with E-state index >= 15 is 0 Å². The van der Waals surface area contributed by atoms with Crippen LogP contribution >= 0.6 is 11.5 Å². The minimum atomic E-state index is -0.704. The number of aromatic nitrogens is 2. The van der Waals surface area contributed by atoms with Crippen molar-refractivity contribution >= 4 is 17.6 Å². The van der Waals surface area contributed by atoms with Crippen LogP contribution in [0.2, 0.25) is 0 Å². The summed E-state index contributed by atoms with van der Waals surface area (Å²) >= 11 is 1.36. The van der Waals surface area contributed by atoms with Gasteiger partial charge < -0.3 is 25.8 Å². The van der Waals surface area contributed by atoms with E-state index in [2.05, 4.69) is 25.5 Å². The largest absolute Gasteiger partial charge is 0.442 e. The third-order valence-corrected chi connectivity index (χ3v) is 6.30. The second kappa shape index (κ2) is 9.62. The van der Waals surface area contributed by atoms with Crippen LogP contribution in [0.1, 0.15) is 24.8 Å². The van der Waals surface area contributed by atoms with Gasteiger partial charge in [-0.15, -0.1) is 5.10 Å². The Bertz CT molecular complexity index is 780. The number of hydrogen-bond acceptors (Lipinski definition) is 8. The number of nitrogens with one attached hydrogen (secondary N) is 3. The molecular formula is C20H27N5O3S. The molecule has 156 valence electrons. The summed E-state index contributed by atoms with van der Waals surface area (Å²) in [6.07, 6.45) is 3.93. The maximum absolute atomic E-state index is 12.2. The number of aliphatic hydroxyl groups is 1. The number of β-amino-alcohol motifs (C(OH)–C–C–N with tert-alkyl or cyclic N) is 1. The number of carbonyl (C=O) groups is 1. The molecule has 1 amide bonds. The molecule has 0 radical (unpaired) electrons. The molecule has 2 aliphatic heterocycles. The van der Waals surface area contributed by atoms with Gasteiger partial charge in [0.2, 0.25) is 0 Å². The number of ether oxygens (including phenoxy) is 1. The standard InChI is InChI=1S/C20H27N5O3S/c26-17-11-23-16(10-13-3-5-14(6-4-13)18-12-24-25-29-18)19(17)28-20(27)22-9-7-15-2-1-8-21-15/h3-6,12,15-17,19,21,23,26H,1-2,7-11H2,(H,22,27)/t15-,16+,17-,19-/m0/s1.